The highest BCUT2D eigenvalue weighted by molar-refractivity contribution is 7.91. The van der Waals surface area contributed by atoms with E-state index in [1.165, 1.54) is 22.3 Å². The van der Waals surface area contributed by atoms with Gasteiger partial charge in [-0.05, 0) is 81.3 Å². The van der Waals surface area contributed by atoms with E-state index < -0.39 is 74.1 Å². The number of fused-ring (bicyclic) bond motifs is 3. The quantitative estimate of drug-likeness (QED) is 0.200. The number of thiazole rings is 1. The lowest BCUT2D eigenvalue weighted by atomic mass is 9.83. The monoisotopic (exact) mass is 906 g/mol. The Hall–Kier alpha value is -4.97. The number of rotatable bonds is 11. The second-order valence-electron chi connectivity index (χ2n) is 18.6. The number of alkyl carbamates (subject to hydrolysis) is 1. The van der Waals surface area contributed by atoms with Crippen LogP contribution in [0.1, 0.15) is 101 Å². The third-order valence-electron chi connectivity index (χ3n) is 13.1. The van der Waals surface area contributed by atoms with Crippen LogP contribution in [0.3, 0.4) is 0 Å². The highest BCUT2D eigenvalue weighted by Gasteiger charge is 2.62. The molecule has 4 fully saturated rings. The Bertz CT molecular complexity index is 2380. The van der Waals surface area contributed by atoms with Gasteiger partial charge in [0.2, 0.25) is 27.7 Å². The second-order valence-corrected chi connectivity index (χ2v) is 21.6. The van der Waals surface area contributed by atoms with Gasteiger partial charge < -0.3 is 34.5 Å². The first-order valence-corrected chi connectivity index (χ1v) is 24.5. The van der Waals surface area contributed by atoms with Gasteiger partial charge in [0.15, 0.2) is 0 Å². The molecule has 3 N–H and O–H groups in total. The van der Waals surface area contributed by atoms with E-state index in [0.29, 0.717) is 54.5 Å². The van der Waals surface area contributed by atoms with Crippen LogP contribution >= 0.6 is 11.3 Å². The number of carbonyl (C=O) groups excluding carboxylic acids is 4. The molecule has 2 aromatic heterocycles. The Morgan fingerprint density at radius 1 is 1.10 bits per heavy atom. The lowest BCUT2D eigenvalue weighted by Gasteiger charge is -2.35. The van der Waals surface area contributed by atoms with E-state index in [1.807, 2.05) is 38.3 Å². The Balaban J connectivity index is 1.17. The topological polar surface area (TPSA) is 204 Å². The minimum atomic E-state index is -3.93. The molecule has 1 unspecified atom stereocenters. The minimum absolute atomic E-state index is 0.0194. The molecule has 3 saturated carbocycles. The van der Waals surface area contributed by atoms with Crippen LogP contribution in [0, 0.1) is 24.2 Å². The molecule has 16 nitrogen and oxygen atoms in total. The maximum Gasteiger partial charge on any atom is 0.407 e. The normalized spacial score (nSPS) is 26.7. The van der Waals surface area contributed by atoms with Crippen molar-refractivity contribution in [2.45, 2.75) is 133 Å². The Morgan fingerprint density at radius 3 is 2.56 bits per heavy atom. The molecule has 0 spiro atoms. The molecule has 0 radical (unpaired) electrons. The number of aromatic nitrogens is 2. The van der Waals surface area contributed by atoms with Crippen LogP contribution in [0.15, 0.2) is 36.2 Å². The van der Waals surface area contributed by atoms with E-state index in [9.17, 15) is 22.8 Å². The third-order valence-corrected chi connectivity index (χ3v) is 15.8. The maximum absolute atomic E-state index is 15.1. The number of sulfonamides is 1. The van der Waals surface area contributed by atoms with Crippen molar-refractivity contribution in [2.75, 3.05) is 20.3 Å². The third kappa shape index (κ3) is 9.91. The summed E-state index contributed by atoms with van der Waals surface area (Å²) in [7, 11) is -2.32. The van der Waals surface area contributed by atoms with Gasteiger partial charge in [-0.15, -0.1) is 17.9 Å². The van der Waals surface area contributed by atoms with Crippen molar-refractivity contribution in [3.8, 4) is 17.4 Å². The first-order valence-electron chi connectivity index (χ1n) is 22.0. The van der Waals surface area contributed by atoms with Gasteiger partial charge in [0, 0.05) is 35.2 Å². The zero-order valence-corrected chi connectivity index (χ0v) is 38.0. The summed E-state index contributed by atoms with van der Waals surface area (Å²) in [4.78, 5) is 67.9. The van der Waals surface area contributed by atoms with Gasteiger partial charge in [-0.3, -0.25) is 19.1 Å². The van der Waals surface area contributed by atoms with Crippen LogP contribution in [-0.2, 0) is 42.2 Å². The molecule has 18 heteroatoms. The molecule has 4 bridgehead atoms. The predicted molar refractivity (Wildman–Crippen MR) is 235 cm³/mol. The molecule has 5 aliphatic rings. The van der Waals surface area contributed by atoms with Crippen LogP contribution in [0.4, 0.5) is 4.79 Å². The van der Waals surface area contributed by atoms with Crippen LogP contribution in [0.2, 0.25) is 0 Å². The van der Waals surface area contributed by atoms with Crippen molar-refractivity contribution in [2.24, 2.45) is 17.3 Å². The number of pyridine rings is 1. The van der Waals surface area contributed by atoms with Crippen molar-refractivity contribution < 1.29 is 46.5 Å². The number of hydrogen-bond donors (Lipinski definition) is 3. The summed E-state index contributed by atoms with van der Waals surface area (Å²) in [6.07, 6.45) is 7.43. The summed E-state index contributed by atoms with van der Waals surface area (Å²) >= 11 is 1.52. The highest BCUT2D eigenvalue weighted by Crippen LogP contribution is 2.46. The van der Waals surface area contributed by atoms with E-state index in [2.05, 4.69) is 26.9 Å². The van der Waals surface area contributed by atoms with Crippen molar-refractivity contribution >= 4 is 56.1 Å². The number of amides is 4. The molecule has 3 aliphatic carbocycles. The maximum atomic E-state index is 15.1. The molecule has 340 valence electrons. The number of nitrogens with one attached hydrogen (secondary N) is 3. The molecule has 4 heterocycles. The fourth-order valence-electron chi connectivity index (χ4n) is 9.28. The van der Waals surface area contributed by atoms with E-state index in [-0.39, 0.29) is 44.4 Å². The predicted octanol–water partition coefficient (Wildman–Crippen LogP) is 5.64. The fraction of sp³-hybridized carbons (Fsp3) is 0.600. The lowest BCUT2D eigenvalue weighted by molar-refractivity contribution is -0.142. The number of aryl methyl sites for hydroxylation is 2. The second kappa shape index (κ2) is 17.9. The Kier molecular flexibility index (Phi) is 12.7. The average molecular weight is 907 g/mol. The van der Waals surface area contributed by atoms with Crippen molar-refractivity contribution in [1.29, 1.82) is 0 Å². The van der Waals surface area contributed by atoms with Crippen LogP contribution in [0.5, 0.6) is 17.4 Å². The molecule has 1 saturated heterocycles. The minimum Gasteiger partial charge on any atom is -0.496 e. The first kappa shape index (κ1) is 44.6. The van der Waals surface area contributed by atoms with E-state index in [0.717, 1.165) is 48.4 Å². The van der Waals surface area contributed by atoms with Crippen LogP contribution in [-0.4, -0.2) is 96.3 Å². The van der Waals surface area contributed by atoms with Gasteiger partial charge in [-0.25, -0.2) is 23.2 Å². The van der Waals surface area contributed by atoms with E-state index in [4.69, 9.17) is 23.9 Å². The summed E-state index contributed by atoms with van der Waals surface area (Å²) in [5, 5.41) is 8.64. The molecule has 63 heavy (non-hydrogen) atoms. The zero-order chi connectivity index (χ0) is 44.7. The Morgan fingerprint density at radius 2 is 1.87 bits per heavy atom. The SMILES string of the molecule is C=C[C@H]1CC1(NC(=O)[C@@H]1C[C@@H]2CN1C(=O)[C@H](C1CCCCC1)NC(=O)OCC(C)(C)CCCc1cc3c(cc(OCc4csc(C)n4)nc3cc1OC)O2)C(=O)NS(=O)(=O)C1CC1. The molecular formula is C45H58N6O10S2. The molecular weight excluding hydrogens is 849 g/mol. The molecule has 5 atom stereocenters. The van der Waals surface area contributed by atoms with Crippen molar-refractivity contribution in [3.63, 3.8) is 0 Å². The van der Waals surface area contributed by atoms with Crippen LogP contribution < -0.4 is 29.6 Å². The molecule has 2 aliphatic heterocycles. The molecule has 4 amide bonds. The number of nitrogens with zero attached hydrogens (tertiary/aromatic N) is 3. The van der Waals surface area contributed by atoms with Gasteiger partial charge in [0.25, 0.3) is 5.91 Å². The highest BCUT2D eigenvalue weighted by atomic mass is 32.2. The fourth-order valence-corrected chi connectivity index (χ4v) is 11.2. The van der Waals surface area contributed by atoms with Gasteiger partial charge in [0.05, 0.1) is 41.7 Å². The van der Waals surface area contributed by atoms with E-state index >= 15 is 4.79 Å². The summed E-state index contributed by atoms with van der Waals surface area (Å²) in [6, 6.07) is 3.40. The van der Waals surface area contributed by atoms with Gasteiger partial charge in [-0.2, -0.15) is 0 Å². The van der Waals surface area contributed by atoms with Gasteiger partial charge >= 0.3 is 6.09 Å². The standard InChI is InChI=1S/C45H58N6O10S2/c1-6-29-21-45(29,42(54)50-63(56,57)32-14-15-32)49-40(52)35-18-31-22-51(35)41(53)39(27-11-8-7-9-12-27)48-43(55)60-25-44(3,4)16-10-13-28-17-33-34(19-36(28)58-5)47-38(20-37(33)61-31)59-23-30-24-62-26(2)46-30/h6,17,19-20,24,27,29,31-32,35,39H,1,7-16,18,21-23,25H2,2-5H3,(H,48,55)(H,49,52)(H,50,54)/t29-,31+,35-,39-,45?/m0/s1. The number of benzene rings is 1. The van der Waals surface area contributed by atoms with Crippen molar-refractivity contribution in [1.82, 2.24) is 30.2 Å². The molecule has 3 aromatic rings. The summed E-state index contributed by atoms with van der Waals surface area (Å²) in [5.74, 6) is -1.36. The largest absolute Gasteiger partial charge is 0.496 e. The number of methoxy groups -OCH3 is 1. The first-order chi connectivity index (χ1) is 30.1. The lowest BCUT2D eigenvalue weighted by Crippen LogP contribution is -2.59. The van der Waals surface area contributed by atoms with E-state index in [1.54, 1.807) is 13.2 Å². The summed E-state index contributed by atoms with van der Waals surface area (Å²) in [6.45, 7) is 10.1. The zero-order valence-electron chi connectivity index (χ0n) is 36.4. The number of carbonyl (C=O) groups is 4. The average Bonchev–Trinajstić information content (AvgIpc) is 4.16. The number of hydrogen-bond acceptors (Lipinski definition) is 13. The van der Waals surface area contributed by atoms with Gasteiger partial charge in [-0.1, -0.05) is 39.2 Å². The Labute approximate surface area is 372 Å². The number of cyclic esters (lactones) is 1. The smallest absolute Gasteiger partial charge is 0.407 e. The molecule has 8 rings (SSSR count). The summed E-state index contributed by atoms with van der Waals surface area (Å²) < 4.78 is 52.7. The molecule has 1 aromatic carbocycles. The van der Waals surface area contributed by atoms with Crippen molar-refractivity contribution in [3.05, 3.63) is 52.5 Å². The van der Waals surface area contributed by atoms with Gasteiger partial charge in [0.1, 0.15) is 41.8 Å². The van der Waals surface area contributed by atoms with Crippen LogP contribution in [0.25, 0.3) is 10.9 Å². The summed E-state index contributed by atoms with van der Waals surface area (Å²) in [5.41, 5.74) is 0.257. The number of ether oxygens (including phenoxy) is 4.